The second-order valence-corrected chi connectivity index (χ2v) is 2.63. The van der Waals surface area contributed by atoms with Crippen LogP contribution >= 0.6 is 0 Å². The van der Waals surface area contributed by atoms with E-state index in [1.807, 2.05) is 18.2 Å². The summed E-state index contributed by atoms with van der Waals surface area (Å²) in [6, 6.07) is 5.92. The molecule has 3 nitrogen and oxygen atoms in total. The minimum atomic E-state index is 0.780. The van der Waals surface area contributed by atoms with Gasteiger partial charge in [-0.25, -0.2) is 0 Å². The fourth-order valence-corrected chi connectivity index (χ4v) is 1.11. The molecule has 68 valence electrons. The Morgan fingerprint density at radius 2 is 2.08 bits per heavy atom. The van der Waals surface area contributed by atoms with Gasteiger partial charge in [-0.1, -0.05) is 13.0 Å². The molecule has 0 N–H and O–H groups in total. The average Bonchev–Trinajstić information content (AvgIpc) is 2.18. The van der Waals surface area contributed by atoms with Crippen LogP contribution in [-0.4, -0.2) is 13.8 Å². The smallest absolute Gasteiger partial charge is 0.111 e. The molecule has 0 aliphatic carbocycles. The summed E-state index contributed by atoms with van der Waals surface area (Å²) in [5.74, 6) is 0. The Balaban J connectivity index is 3.17. The molecule has 0 spiro atoms. The topological polar surface area (TPSA) is 37.1 Å². The summed E-state index contributed by atoms with van der Waals surface area (Å²) in [5.41, 5.74) is 2.80. The van der Waals surface area contributed by atoms with Crippen molar-refractivity contribution in [3.05, 3.63) is 23.8 Å². The van der Waals surface area contributed by atoms with Gasteiger partial charge in [0.15, 0.2) is 0 Å². The van der Waals surface area contributed by atoms with Gasteiger partial charge in [0, 0.05) is 7.05 Å². The highest BCUT2D eigenvalue weighted by molar-refractivity contribution is 5.65. The van der Waals surface area contributed by atoms with Crippen LogP contribution in [0.15, 0.2) is 33.4 Å². The number of rotatable bonds is 3. The largest absolute Gasteiger partial charge is 0.262 e. The lowest BCUT2D eigenvalue weighted by molar-refractivity contribution is 1.12. The molecule has 0 saturated carbocycles. The molecule has 3 heteroatoms. The zero-order chi connectivity index (χ0) is 9.68. The second kappa shape index (κ2) is 4.50. The summed E-state index contributed by atoms with van der Waals surface area (Å²) in [6.45, 7) is 5.58. The van der Waals surface area contributed by atoms with Crippen LogP contribution in [0.5, 0.6) is 0 Å². The number of hydrogen-bond acceptors (Lipinski definition) is 3. The van der Waals surface area contributed by atoms with E-state index in [2.05, 4.69) is 28.9 Å². The molecule has 0 aromatic heterocycles. The highest BCUT2D eigenvalue weighted by atomic mass is 15.1. The van der Waals surface area contributed by atoms with Gasteiger partial charge < -0.3 is 0 Å². The van der Waals surface area contributed by atoms with Gasteiger partial charge in [-0.05, 0) is 30.8 Å². The summed E-state index contributed by atoms with van der Waals surface area (Å²) < 4.78 is 0. The van der Waals surface area contributed by atoms with Gasteiger partial charge in [0.1, 0.15) is 5.69 Å². The van der Waals surface area contributed by atoms with Gasteiger partial charge in [0.25, 0.3) is 0 Å². The lowest BCUT2D eigenvalue weighted by atomic mass is 10.1. The first-order valence-electron chi connectivity index (χ1n) is 4.21. The molecule has 1 rings (SSSR count). The van der Waals surface area contributed by atoms with Gasteiger partial charge >= 0.3 is 0 Å². The Morgan fingerprint density at radius 3 is 2.62 bits per heavy atom. The maximum atomic E-state index is 3.98. The minimum absolute atomic E-state index is 0.780. The van der Waals surface area contributed by atoms with Crippen LogP contribution in [-0.2, 0) is 6.42 Å². The molecule has 0 unspecified atom stereocenters. The minimum Gasteiger partial charge on any atom is -0.262 e. The molecule has 0 bridgehead atoms. The number of aliphatic imine (C=N–C) groups is 1. The molecule has 1 aromatic rings. The van der Waals surface area contributed by atoms with Crippen molar-refractivity contribution in [3.8, 4) is 0 Å². The molecule has 0 atom stereocenters. The predicted octanol–water partition coefficient (Wildman–Crippen LogP) is 3.29. The van der Waals surface area contributed by atoms with E-state index in [-0.39, 0.29) is 0 Å². The fourth-order valence-electron chi connectivity index (χ4n) is 1.11. The van der Waals surface area contributed by atoms with Crippen molar-refractivity contribution in [1.29, 1.82) is 0 Å². The normalized spacial score (nSPS) is 10.6. The number of benzene rings is 1. The monoisotopic (exact) mass is 175 g/mol. The quantitative estimate of drug-likeness (QED) is 0.499. The fraction of sp³-hybridized carbons (Fsp3) is 0.300. The summed E-state index contributed by atoms with van der Waals surface area (Å²) in [4.78, 5) is 3.86. The van der Waals surface area contributed by atoms with E-state index >= 15 is 0 Å². The van der Waals surface area contributed by atoms with Crippen LogP contribution in [0.3, 0.4) is 0 Å². The lowest BCUT2D eigenvalue weighted by Gasteiger charge is -2.01. The number of nitrogens with zero attached hydrogens (tertiary/aromatic N) is 3. The van der Waals surface area contributed by atoms with Gasteiger partial charge in [-0.2, -0.15) is 10.2 Å². The number of aryl methyl sites for hydroxylation is 1. The summed E-state index contributed by atoms with van der Waals surface area (Å²) in [5, 5.41) is 7.70. The van der Waals surface area contributed by atoms with E-state index in [1.54, 1.807) is 7.05 Å². The molecule has 0 amide bonds. The van der Waals surface area contributed by atoms with Crippen molar-refractivity contribution >= 4 is 18.1 Å². The first kappa shape index (κ1) is 9.58. The highest BCUT2D eigenvalue weighted by Crippen LogP contribution is 2.28. The first-order valence-corrected chi connectivity index (χ1v) is 4.21. The third-order valence-corrected chi connectivity index (χ3v) is 1.83. The molecule has 13 heavy (non-hydrogen) atoms. The molecule has 0 aliphatic heterocycles. The summed E-state index contributed by atoms with van der Waals surface area (Å²) in [7, 11) is 1.64. The van der Waals surface area contributed by atoms with Gasteiger partial charge in [0.2, 0.25) is 0 Å². The Bertz CT molecular complexity index is 329. The van der Waals surface area contributed by atoms with Crippen molar-refractivity contribution in [2.75, 3.05) is 7.05 Å². The van der Waals surface area contributed by atoms with E-state index < -0.39 is 0 Å². The maximum Gasteiger partial charge on any atom is 0.111 e. The van der Waals surface area contributed by atoms with Gasteiger partial charge in [0.05, 0.1) is 5.69 Å². The SMILES string of the molecule is C=Nc1ccc(CC)cc1/N=N\C. The van der Waals surface area contributed by atoms with E-state index in [1.165, 1.54) is 5.56 Å². The van der Waals surface area contributed by atoms with Gasteiger partial charge in [-0.3, -0.25) is 4.99 Å². The lowest BCUT2D eigenvalue weighted by Crippen LogP contribution is -1.78. The Labute approximate surface area is 78.2 Å². The van der Waals surface area contributed by atoms with Crippen LogP contribution in [0, 0.1) is 0 Å². The van der Waals surface area contributed by atoms with Crippen LogP contribution in [0.4, 0.5) is 11.4 Å². The zero-order valence-electron chi connectivity index (χ0n) is 7.99. The van der Waals surface area contributed by atoms with Crippen LogP contribution in [0.1, 0.15) is 12.5 Å². The number of azo groups is 1. The van der Waals surface area contributed by atoms with Crippen molar-refractivity contribution in [2.45, 2.75) is 13.3 Å². The summed E-state index contributed by atoms with van der Waals surface area (Å²) in [6.07, 6.45) is 0.990. The second-order valence-electron chi connectivity index (χ2n) is 2.63. The summed E-state index contributed by atoms with van der Waals surface area (Å²) >= 11 is 0. The van der Waals surface area contributed by atoms with Crippen molar-refractivity contribution in [3.63, 3.8) is 0 Å². The first-order chi connectivity index (χ1) is 6.31. The Morgan fingerprint density at radius 1 is 1.31 bits per heavy atom. The molecule has 0 radical (unpaired) electrons. The van der Waals surface area contributed by atoms with Crippen molar-refractivity contribution in [1.82, 2.24) is 0 Å². The van der Waals surface area contributed by atoms with E-state index in [9.17, 15) is 0 Å². The van der Waals surface area contributed by atoms with Crippen LogP contribution < -0.4 is 0 Å². The van der Waals surface area contributed by atoms with Crippen LogP contribution in [0.25, 0.3) is 0 Å². The van der Waals surface area contributed by atoms with Crippen molar-refractivity contribution in [2.24, 2.45) is 15.2 Å². The third-order valence-electron chi connectivity index (χ3n) is 1.83. The standard InChI is InChI=1S/C10H13N3/c1-4-8-5-6-9(11-2)10(7-8)13-12-3/h5-7H,2,4H2,1,3H3/b13-12-. The highest BCUT2D eigenvalue weighted by Gasteiger charge is 1.99. The predicted molar refractivity (Wildman–Crippen MR) is 55.5 cm³/mol. The average molecular weight is 175 g/mol. The molecule has 0 aliphatic rings. The molecule has 0 heterocycles. The molecule has 0 fully saturated rings. The van der Waals surface area contributed by atoms with E-state index in [0.29, 0.717) is 0 Å². The van der Waals surface area contributed by atoms with Crippen LogP contribution in [0.2, 0.25) is 0 Å². The van der Waals surface area contributed by atoms with Crippen molar-refractivity contribution < 1.29 is 0 Å². The molecule has 0 saturated heterocycles. The molecular formula is C10H13N3. The number of hydrogen-bond donors (Lipinski definition) is 0. The Hall–Kier alpha value is -1.51. The Kier molecular flexibility index (Phi) is 3.31. The third kappa shape index (κ3) is 2.21. The van der Waals surface area contributed by atoms with E-state index in [4.69, 9.17) is 0 Å². The zero-order valence-corrected chi connectivity index (χ0v) is 7.99. The molecule has 1 aromatic carbocycles. The van der Waals surface area contributed by atoms with Gasteiger partial charge in [-0.15, -0.1) is 0 Å². The van der Waals surface area contributed by atoms with E-state index in [0.717, 1.165) is 17.8 Å². The maximum absolute atomic E-state index is 3.98. The molecular weight excluding hydrogens is 162 g/mol.